The average molecular weight is 474 g/mol. The fourth-order valence-corrected chi connectivity index (χ4v) is 3.34. The molecule has 0 saturated heterocycles. The molecule has 0 spiro atoms. The summed E-state index contributed by atoms with van der Waals surface area (Å²) in [6.45, 7) is -0.453. The zero-order valence-corrected chi connectivity index (χ0v) is 19.2. The smallest absolute Gasteiger partial charge is 0.247 e. The van der Waals surface area contributed by atoms with Crippen LogP contribution in [0.4, 0.5) is 5.69 Å². The fraction of sp³-hybridized carbons (Fsp3) is 0.192. The Bertz CT molecular complexity index is 1210. The van der Waals surface area contributed by atoms with Gasteiger partial charge in [0.05, 0.1) is 31.8 Å². The van der Waals surface area contributed by atoms with Crippen LogP contribution in [-0.4, -0.2) is 32.7 Å². The van der Waals surface area contributed by atoms with Gasteiger partial charge in [-0.05, 0) is 35.9 Å². The summed E-state index contributed by atoms with van der Waals surface area (Å²) in [4.78, 5) is 24.5. The number of hydrogen-bond acceptors (Lipinski definition) is 8. The molecule has 3 rings (SSSR count). The van der Waals surface area contributed by atoms with Gasteiger partial charge in [0.15, 0.2) is 11.5 Å². The number of carbonyl (C=O) groups excluding carboxylic acids is 2. The summed E-state index contributed by atoms with van der Waals surface area (Å²) >= 11 is 0. The molecular formula is C26H24N3O6-. The highest BCUT2D eigenvalue weighted by Crippen LogP contribution is 2.39. The van der Waals surface area contributed by atoms with Crippen LogP contribution in [0.15, 0.2) is 66.7 Å². The lowest BCUT2D eigenvalue weighted by Crippen LogP contribution is -2.34. The Hall–Kier alpha value is -4.71. The third-order valence-electron chi connectivity index (χ3n) is 5.07. The Morgan fingerprint density at radius 1 is 0.971 bits per heavy atom. The molecule has 180 valence electrons. The number of nitrogens with zero attached hydrogens (tertiary/aromatic N) is 1. The number of hydrogen-bond donors (Lipinski definition) is 2. The first-order valence-corrected chi connectivity index (χ1v) is 10.6. The third-order valence-corrected chi connectivity index (χ3v) is 5.07. The highest BCUT2D eigenvalue weighted by molar-refractivity contribution is 5.87. The van der Waals surface area contributed by atoms with Crippen molar-refractivity contribution in [1.29, 1.82) is 5.26 Å². The van der Waals surface area contributed by atoms with Crippen molar-refractivity contribution in [2.45, 2.75) is 12.6 Å². The van der Waals surface area contributed by atoms with E-state index in [-0.39, 0.29) is 12.3 Å². The zero-order chi connectivity index (χ0) is 25.2. The number of methoxy groups -OCH3 is 2. The second-order valence-corrected chi connectivity index (χ2v) is 7.38. The van der Waals surface area contributed by atoms with Crippen molar-refractivity contribution in [3.05, 3.63) is 83.4 Å². The minimum absolute atomic E-state index is 0.104. The van der Waals surface area contributed by atoms with Gasteiger partial charge in [-0.2, -0.15) is 5.26 Å². The summed E-state index contributed by atoms with van der Waals surface area (Å²) in [5, 5.41) is 26.2. The Morgan fingerprint density at radius 2 is 1.63 bits per heavy atom. The minimum Gasteiger partial charge on any atom is -0.546 e. The lowest BCUT2D eigenvalue weighted by molar-refractivity contribution is -0.307. The number of benzene rings is 3. The van der Waals surface area contributed by atoms with Gasteiger partial charge in [-0.15, -0.1) is 0 Å². The van der Waals surface area contributed by atoms with Crippen LogP contribution in [-0.2, 0) is 16.1 Å². The van der Waals surface area contributed by atoms with E-state index in [2.05, 4.69) is 10.6 Å². The zero-order valence-electron chi connectivity index (χ0n) is 19.2. The molecule has 2 N–H and O–H groups in total. The predicted molar refractivity (Wildman–Crippen MR) is 126 cm³/mol. The van der Waals surface area contributed by atoms with E-state index in [9.17, 15) is 14.7 Å². The van der Waals surface area contributed by atoms with Crippen LogP contribution in [0.5, 0.6) is 17.2 Å². The van der Waals surface area contributed by atoms with E-state index in [0.29, 0.717) is 28.3 Å². The molecule has 0 fully saturated rings. The molecule has 3 aromatic carbocycles. The molecule has 0 radical (unpaired) electrons. The van der Waals surface area contributed by atoms with Crippen LogP contribution >= 0.6 is 0 Å². The molecular weight excluding hydrogens is 450 g/mol. The van der Waals surface area contributed by atoms with Gasteiger partial charge in [0.25, 0.3) is 0 Å². The fourth-order valence-electron chi connectivity index (χ4n) is 3.34. The number of amides is 1. The maximum atomic E-state index is 13.4. The molecule has 0 saturated carbocycles. The molecule has 35 heavy (non-hydrogen) atoms. The van der Waals surface area contributed by atoms with Gasteiger partial charge in [-0.3, -0.25) is 4.79 Å². The molecule has 1 atom stereocenters. The number of anilines is 1. The molecule has 0 heterocycles. The molecule has 1 amide bonds. The molecule has 0 aliphatic heterocycles. The lowest BCUT2D eigenvalue weighted by Gasteiger charge is -2.24. The van der Waals surface area contributed by atoms with Crippen molar-refractivity contribution >= 4 is 17.6 Å². The quantitative estimate of drug-likeness (QED) is 0.432. The Kier molecular flexibility index (Phi) is 8.51. The molecule has 0 bridgehead atoms. The van der Waals surface area contributed by atoms with Crippen LogP contribution in [0.2, 0.25) is 0 Å². The second-order valence-electron chi connectivity index (χ2n) is 7.38. The number of rotatable bonds is 11. The van der Waals surface area contributed by atoms with Gasteiger partial charge in [0, 0.05) is 23.9 Å². The van der Waals surface area contributed by atoms with E-state index < -0.39 is 24.5 Å². The van der Waals surface area contributed by atoms with Gasteiger partial charge >= 0.3 is 0 Å². The number of carboxylic acids is 1. The lowest BCUT2D eigenvalue weighted by atomic mass is 10.0. The van der Waals surface area contributed by atoms with Crippen molar-refractivity contribution < 1.29 is 28.9 Å². The highest BCUT2D eigenvalue weighted by atomic mass is 16.5. The first-order valence-electron chi connectivity index (χ1n) is 10.6. The summed E-state index contributed by atoms with van der Waals surface area (Å²) in [6, 6.07) is 20.0. The average Bonchev–Trinajstić information content (AvgIpc) is 2.89. The van der Waals surface area contributed by atoms with Crippen molar-refractivity contribution in [3.8, 4) is 23.3 Å². The summed E-state index contributed by atoms with van der Waals surface area (Å²) in [6.07, 6.45) is 0. The maximum absolute atomic E-state index is 13.4. The van der Waals surface area contributed by atoms with Gasteiger partial charge in [-0.25, -0.2) is 0 Å². The number of aliphatic carboxylic acids is 1. The van der Waals surface area contributed by atoms with Crippen LogP contribution in [0.1, 0.15) is 22.7 Å². The summed E-state index contributed by atoms with van der Waals surface area (Å²) in [5.74, 6) is -1.09. The standard InChI is InChI=1S/C26H25N3O6/c1-33-22-12-20(21(13-23(22)34-2)35-16-24(30)31)25(29-19-10-8-17(14-27)9-11-19)26(32)28-15-18-6-4-3-5-7-18/h3-13,25,29H,15-16H2,1-2H3,(H,28,32)(H,30,31)/p-1. The third kappa shape index (κ3) is 6.65. The molecule has 1 unspecified atom stereocenters. The van der Waals surface area contributed by atoms with Crippen molar-refractivity contribution in [3.63, 3.8) is 0 Å². The highest BCUT2D eigenvalue weighted by Gasteiger charge is 2.27. The largest absolute Gasteiger partial charge is 0.546 e. The molecule has 0 aliphatic carbocycles. The van der Waals surface area contributed by atoms with E-state index in [1.165, 1.54) is 20.3 Å². The van der Waals surface area contributed by atoms with E-state index in [1.807, 2.05) is 36.4 Å². The number of carbonyl (C=O) groups is 2. The minimum atomic E-state index is -1.42. The molecule has 9 heteroatoms. The molecule has 0 aliphatic rings. The number of ether oxygens (including phenoxy) is 3. The Morgan fingerprint density at radius 3 is 2.23 bits per heavy atom. The van der Waals surface area contributed by atoms with Gasteiger partial charge in [0.2, 0.25) is 5.91 Å². The van der Waals surface area contributed by atoms with E-state index in [0.717, 1.165) is 5.56 Å². The van der Waals surface area contributed by atoms with E-state index >= 15 is 0 Å². The van der Waals surface area contributed by atoms with Crippen molar-refractivity contribution in [2.24, 2.45) is 0 Å². The van der Waals surface area contributed by atoms with Gasteiger partial charge < -0.3 is 34.7 Å². The topological polar surface area (TPSA) is 133 Å². The molecule has 9 nitrogen and oxygen atoms in total. The summed E-state index contributed by atoms with van der Waals surface area (Å²) in [5.41, 5.74) is 2.24. The van der Waals surface area contributed by atoms with Crippen LogP contribution in [0, 0.1) is 11.3 Å². The maximum Gasteiger partial charge on any atom is 0.247 e. The van der Waals surface area contributed by atoms with Crippen LogP contribution < -0.4 is 30.0 Å². The Balaban J connectivity index is 2.01. The van der Waals surface area contributed by atoms with Crippen molar-refractivity contribution in [1.82, 2.24) is 5.32 Å². The Labute approximate surface area is 202 Å². The molecule has 0 aromatic heterocycles. The SMILES string of the molecule is COc1cc(OCC(=O)[O-])c(C(Nc2ccc(C#N)cc2)C(=O)NCc2ccccc2)cc1OC. The summed E-state index contributed by atoms with van der Waals surface area (Å²) < 4.78 is 16.1. The number of carboxylic acid groups (broad SMARTS) is 1. The first-order chi connectivity index (χ1) is 16.9. The monoisotopic (exact) mass is 474 g/mol. The predicted octanol–water partition coefficient (Wildman–Crippen LogP) is 2.17. The first kappa shape index (κ1) is 24.9. The normalized spacial score (nSPS) is 11.0. The second kappa shape index (κ2) is 12.0. The summed E-state index contributed by atoms with van der Waals surface area (Å²) in [7, 11) is 2.88. The van der Waals surface area contributed by atoms with Crippen LogP contribution in [0.3, 0.4) is 0 Å². The van der Waals surface area contributed by atoms with E-state index in [1.54, 1.807) is 30.3 Å². The number of nitriles is 1. The van der Waals surface area contributed by atoms with Crippen LogP contribution in [0.25, 0.3) is 0 Å². The molecule has 3 aromatic rings. The number of nitrogens with one attached hydrogen (secondary N) is 2. The van der Waals surface area contributed by atoms with Crippen molar-refractivity contribution in [2.75, 3.05) is 26.1 Å². The van der Waals surface area contributed by atoms with Gasteiger partial charge in [-0.1, -0.05) is 30.3 Å². The van der Waals surface area contributed by atoms with E-state index in [4.69, 9.17) is 19.5 Å². The van der Waals surface area contributed by atoms with Gasteiger partial charge in [0.1, 0.15) is 18.4 Å².